The van der Waals surface area contributed by atoms with Gasteiger partial charge in [-0.15, -0.1) is 0 Å². The van der Waals surface area contributed by atoms with Crippen molar-refractivity contribution < 1.29 is 14.3 Å². The van der Waals surface area contributed by atoms with E-state index >= 15 is 0 Å². The van der Waals surface area contributed by atoms with Crippen molar-refractivity contribution in [1.29, 1.82) is 0 Å². The van der Waals surface area contributed by atoms with E-state index in [2.05, 4.69) is 26.2 Å². The summed E-state index contributed by atoms with van der Waals surface area (Å²) >= 11 is 3.27. The minimum absolute atomic E-state index is 0.0598. The molecule has 1 saturated heterocycles. The van der Waals surface area contributed by atoms with Crippen molar-refractivity contribution in [2.45, 2.75) is 32.4 Å². The lowest BCUT2D eigenvalue weighted by atomic mass is 10.1. The van der Waals surface area contributed by atoms with E-state index < -0.39 is 5.60 Å². The Kier molecular flexibility index (Phi) is 4.51. The quantitative estimate of drug-likeness (QED) is 0.882. The van der Waals surface area contributed by atoms with E-state index in [1.165, 1.54) is 0 Å². The second-order valence-electron chi connectivity index (χ2n) is 5.92. The topological polar surface area (TPSA) is 71.5 Å². The first kappa shape index (κ1) is 15.8. The fourth-order valence-electron chi connectivity index (χ4n) is 1.81. The number of nitrogens with zero attached hydrogens (tertiary/aromatic N) is 2. The zero-order valence-electron chi connectivity index (χ0n) is 12.2. The van der Waals surface area contributed by atoms with Crippen molar-refractivity contribution >= 4 is 27.9 Å². The summed E-state index contributed by atoms with van der Waals surface area (Å²) in [5, 5.41) is 2.83. The van der Waals surface area contributed by atoms with Crippen LogP contribution in [-0.4, -0.2) is 46.6 Å². The summed E-state index contributed by atoms with van der Waals surface area (Å²) in [6.07, 6.45) is 1.22. The van der Waals surface area contributed by atoms with E-state index in [0.717, 1.165) is 4.47 Å². The van der Waals surface area contributed by atoms with Crippen molar-refractivity contribution in [1.82, 2.24) is 15.2 Å². The summed E-state index contributed by atoms with van der Waals surface area (Å²) < 4.78 is 6.07. The van der Waals surface area contributed by atoms with E-state index in [0.29, 0.717) is 18.8 Å². The van der Waals surface area contributed by atoms with Gasteiger partial charge in [0.1, 0.15) is 11.3 Å². The first-order valence-corrected chi connectivity index (χ1v) is 7.44. The van der Waals surface area contributed by atoms with Crippen LogP contribution in [0.15, 0.2) is 22.8 Å². The van der Waals surface area contributed by atoms with Crippen LogP contribution in [0.25, 0.3) is 0 Å². The molecule has 0 radical (unpaired) electrons. The molecule has 0 bridgehead atoms. The van der Waals surface area contributed by atoms with Gasteiger partial charge in [0.2, 0.25) is 0 Å². The summed E-state index contributed by atoms with van der Waals surface area (Å²) in [4.78, 5) is 29.3. The molecule has 1 fully saturated rings. The molecule has 1 aromatic heterocycles. The number of amides is 2. The highest BCUT2D eigenvalue weighted by Gasteiger charge is 2.34. The molecule has 2 amide bonds. The molecule has 1 N–H and O–H groups in total. The molecular formula is C14H18BrN3O3. The van der Waals surface area contributed by atoms with Crippen molar-refractivity contribution in [2.24, 2.45) is 0 Å². The number of pyridine rings is 1. The minimum atomic E-state index is -0.507. The van der Waals surface area contributed by atoms with E-state index in [1.54, 1.807) is 23.2 Å². The number of rotatable bonds is 2. The molecule has 2 rings (SSSR count). The number of hydrogen-bond acceptors (Lipinski definition) is 4. The molecule has 6 nitrogen and oxygen atoms in total. The zero-order chi connectivity index (χ0) is 15.6. The third-order valence-electron chi connectivity index (χ3n) is 2.83. The highest BCUT2D eigenvalue weighted by Crippen LogP contribution is 2.15. The van der Waals surface area contributed by atoms with Crippen molar-refractivity contribution in [2.75, 3.05) is 13.1 Å². The van der Waals surface area contributed by atoms with E-state index in [1.807, 2.05) is 20.8 Å². The van der Waals surface area contributed by atoms with Crippen LogP contribution >= 0.6 is 15.9 Å². The van der Waals surface area contributed by atoms with Crippen LogP contribution in [0, 0.1) is 0 Å². The van der Waals surface area contributed by atoms with Crippen LogP contribution < -0.4 is 5.32 Å². The normalized spacial score (nSPS) is 15.3. The number of carbonyl (C=O) groups excluding carboxylic acids is 2. The number of halogens is 1. The monoisotopic (exact) mass is 355 g/mol. The third-order valence-corrected chi connectivity index (χ3v) is 3.30. The van der Waals surface area contributed by atoms with Crippen LogP contribution in [0.3, 0.4) is 0 Å². The molecule has 1 aliphatic rings. The molecule has 1 aromatic rings. The van der Waals surface area contributed by atoms with Gasteiger partial charge < -0.3 is 15.0 Å². The van der Waals surface area contributed by atoms with Gasteiger partial charge in [-0.25, -0.2) is 9.78 Å². The molecule has 0 aromatic carbocycles. The van der Waals surface area contributed by atoms with Crippen LogP contribution in [0.2, 0.25) is 0 Å². The predicted molar refractivity (Wildman–Crippen MR) is 81.0 cm³/mol. The lowest BCUT2D eigenvalue weighted by molar-refractivity contribution is 0.00531. The number of hydrogen-bond donors (Lipinski definition) is 1. The summed E-state index contributed by atoms with van der Waals surface area (Å²) in [6, 6.07) is 3.34. The fourth-order valence-corrected chi connectivity index (χ4v) is 2.05. The van der Waals surface area contributed by atoms with Gasteiger partial charge in [0, 0.05) is 23.8 Å². The molecular weight excluding hydrogens is 338 g/mol. The lowest BCUT2D eigenvalue weighted by Gasteiger charge is -2.39. The number of aromatic nitrogens is 1. The van der Waals surface area contributed by atoms with E-state index in [9.17, 15) is 9.59 Å². The minimum Gasteiger partial charge on any atom is -0.444 e. The number of nitrogens with one attached hydrogen (secondary N) is 1. The third kappa shape index (κ3) is 4.42. The van der Waals surface area contributed by atoms with Crippen LogP contribution in [0.5, 0.6) is 0 Å². The zero-order valence-corrected chi connectivity index (χ0v) is 13.8. The Labute approximate surface area is 132 Å². The molecule has 1 aliphatic heterocycles. The Bertz CT molecular complexity index is 533. The summed E-state index contributed by atoms with van der Waals surface area (Å²) in [5.74, 6) is -0.240. The second kappa shape index (κ2) is 6.01. The van der Waals surface area contributed by atoms with Gasteiger partial charge in [-0.1, -0.05) is 0 Å². The molecule has 0 atom stereocenters. The fraction of sp³-hybridized carbons (Fsp3) is 0.500. The average Bonchev–Trinajstić information content (AvgIpc) is 2.31. The lowest BCUT2D eigenvalue weighted by Crippen LogP contribution is -2.61. The van der Waals surface area contributed by atoms with Gasteiger partial charge in [-0.3, -0.25) is 4.79 Å². The molecule has 0 spiro atoms. The Morgan fingerprint density at radius 3 is 2.57 bits per heavy atom. The molecule has 0 aliphatic carbocycles. The van der Waals surface area contributed by atoms with Crippen LogP contribution in [-0.2, 0) is 4.74 Å². The van der Waals surface area contributed by atoms with Crippen molar-refractivity contribution in [3.63, 3.8) is 0 Å². The molecule has 0 unspecified atom stereocenters. The SMILES string of the molecule is CC(C)(C)OC(=O)N1CC(NC(=O)c2ccc(Br)cn2)C1. The van der Waals surface area contributed by atoms with Gasteiger partial charge in [-0.2, -0.15) is 0 Å². The second-order valence-corrected chi connectivity index (χ2v) is 6.83. The molecule has 0 saturated carbocycles. The Morgan fingerprint density at radius 2 is 2.05 bits per heavy atom. The van der Waals surface area contributed by atoms with Gasteiger partial charge >= 0.3 is 6.09 Å². The molecule has 114 valence electrons. The highest BCUT2D eigenvalue weighted by molar-refractivity contribution is 9.10. The molecule has 7 heteroatoms. The van der Waals surface area contributed by atoms with Gasteiger partial charge in [-0.05, 0) is 48.8 Å². The van der Waals surface area contributed by atoms with Crippen LogP contribution in [0.4, 0.5) is 4.79 Å². The van der Waals surface area contributed by atoms with E-state index in [-0.39, 0.29) is 18.0 Å². The van der Waals surface area contributed by atoms with Gasteiger partial charge in [0.15, 0.2) is 0 Å². The summed E-state index contributed by atoms with van der Waals surface area (Å²) in [6.45, 7) is 6.38. The smallest absolute Gasteiger partial charge is 0.410 e. The maximum atomic E-state index is 11.9. The maximum absolute atomic E-state index is 11.9. The predicted octanol–water partition coefficient (Wildman–Crippen LogP) is 2.19. The highest BCUT2D eigenvalue weighted by atomic mass is 79.9. The van der Waals surface area contributed by atoms with Crippen molar-refractivity contribution in [3.05, 3.63) is 28.5 Å². The number of ether oxygens (including phenoxy) is 1. The summed E-state index contributed by atoms with van der Waals surface area (Å²) in [5.41, 5.74) is -0.152. The van der Waals surface area contributed by atoms with Crippen LogP contribution in [0.1, 0.15) is 31.3 Å². The first-order valence-electron chi connectivity index (χ1n) is 6.65. The van der Waals surface area contributed by atoms with Gasteiger partial charge in [0.05, 0.1) is 6.04 Å². The standard InChI is InChI=1S/C14H18BrN3O3/c1-14(2,3)21-13(20)18-7-10(8-18)17-12(19)11-5-4-9(15)6-16-11/h4-6,10H,7-8H2,1-3H3,(H,17,19). The Morgan fingerprint density at radius 1 is 1.38 bits per heavy atom. The average molecular weight is 356 g/mol. The van der Waals surface area contributed by atoms with Gasteiger partial charge in [0.25, 0.3) is 5.91 Å². The Hall–Kier alpha value is -1.63. The van der Waals surface area contributed by atoms with E-state index in [4.69, 9.17) is 4.74 Å². The number of carbonyl (C=O) groups is 2. The number of likely N-dealkylation sites (tertiary alicyclic amines) is 1. The first-order chi connectivity index (χ1) is 9.74. The molecule has 2 heterocycles. The maximum Gasteiger partial charge on any atom is 0.410 e. The molecule has 21 heavy (non-hydrogen) atoms. The summed E-state index contributed by atoms with van der Waals surface area (Å²) in [7, 11) is 0. The largest absolute Gasteiger partial charge is 0.444 e. The van der Waals surface area contributed by atoms with Crippen molar-refractivity contribution in [3.8, 4) is 0 Å². The Balaban J connectivity index is 1.79.